The number of nitrogens with two attached hydrogens (primary N) is 1. The molecule has 1 aromatic carbocycles. The summed E-state index contributed by atoms with van der Waals surface area (Å²) in [6.07, 6.45) is -4.92. The Morgan fingerprint density at radius 3 is 2.36 bits per heavy atom. The molecule has 0 aliphatic rings. The van der Waals surface area contributed by atoms with E-state index in [1.54, 1.807) is 0 Å². The van der Waals surface area contributed by atoms with Crippen LogP contribution < -0.4 is 10.5 Å². The Kier molecular flexibility index (Phi) is 2.55. The first kappa shape index (κ1) is 10.6. The lowest BCUT2D eigenvalue weighted by molar-refractivity contribution is -0.275. The number of alkyl halides is 3. The van der Waals surface area contributed by atoms with Gasteiger partial charge in [0.05, 0.1) is 5.69 Å². The molecule has 0 radical (unpaired) electrons. The molecule has 0 aromatic heterocycles. The van der Waals surface area contributed by atoms with Crippen LogP contribution >= 0.6 is 0 Å². The van der Waals surface area contributed by atoms with Crippen molar-refractivity contribution in [3.8, 4) is 5.75 Å². The van der Waals surface area contributed by atoms with Gasteiger partial charge in [-0.25, -0.2) is 4.39 Å². The topological polar surface area (TPSA) is 35.2 Å². The molecule has 2 nitrogen and oxygen atoms in total. The third-order valence-electron chi connectivity index (χ3n) is 1.44. The van der Waals surface area contributed by atoms with Crippen LogP contribution in [-0.2, 0) is 0 Å². The van der Waals surface area contributed by atoms with Gasteiger partial charge in [-0.3, -0.25) is 0 Å². The molecule has 0 saturated heterocycles. The standard InChI is InChI=1S/C8H7F4NO/c1-4-2-5(13)7(9)6(3-4)14-8(10,11)12/h2-3H,13H2,1H3. The van der Waals surface area contributed by atoms with E-state index in [1.807, 2.05) is 0 Å². The molecule has 0 unspecified atom stereocenters. The number of nitrogen functional groups attached to an aromatic ring is 1. The van der Waals surface area contributed by atoms with E-state index in [1.165, 1.54) is 13.0 Å². The third kappa shape index (κ3) is 2.51. The fraction of sp³-hybridized carbons (Fsp3) is 0.250. The summed E-state index contributed by atoms with van der Waals surface area (Å²) in [5.74, 6) is -2.11. The van der Waals surface area contributed by atoms with E-state index in [9.17, 15) is 17.6 Å². The van der Waals surface area contributed by atoms with E-state index in [-0.39, 0.29) is 5.69 Å². The minimum absolute atomic E-state index is 0.371. The molecule has 0 bridgehead atoms. The first-order valence-corrected chi connectivity index (χ1v) is 3.61. The summed E-state index contributed by atoms with van der Waals surface area (Å²) in [5, 5.41) is 0. The highest BCUT2D eigenvalue weighted by atomic mass is 19.4. The Morgan fingerprint density at radius 2 is 1.86 bits per heavy atom. The average molecular weight is 209 g/mol. The van der Waals surface area contributed by atoms with E-state index in [4.69, 9.17) is 5.73 Å². The van der Waals surface area contributed by atoms with Gasteiger partial charge in [0.15, 0.2) is 11.6 Å². The number of benzene rings is 1. The van der Waals surface area contributed by atoms with Gasteiger partial charge in [0.25, 0.3) is 0 Å². The quantitative estimate of drug-likeness (QED) is 0.570. The fourth-order valence-corrected chi connectivity index (χ4v) is 0.962. The number of aryl methyl sites for hydroxylation is 1. The highest BCUT2D eigenvalue weighted by Gasteiger charge is 2.32. The fourth-order valence-electron chi connectivity index (χ4n) is 0.962. The largest absolute Gasteiger partial charge is 0.573 e. The first-order valence-electron chi connectivity index (χ1n) is 3.61. The van der Waals surface area contributed by atoms with Crippen molar-refractivity contribution in [1.29, 1.82) is 0 Å². The maximum absolute atomic E-state index is 13.0. The highest BCUT2D eigenvalue weighted by Crippen LogP contribution is 2.29. The summed E-state index contributed by atoms with van der Waals surface area (Å²) in [6, 6.07) is 2.15. The van der Waals surface area contributed by atoms with Crippen molar-refractivity contribution in [1.82, 2.24) is 0 Å². The Hall–Kier alpha value is -1.46. The van der Waals surface area contributed by atoms with Crippen molar-refractivity contribution < 1.29 is 22.3 Å². The van der Waals surface area contributed by atoms with Gasteiger partial charge < -0.3 is 10.5 Å². The number of hydrogen-bond donors (Lipinski definition) is 1. The smallest absolute Gasteiger partial charge is 0.403 e. The lowest BCUT2D eigenvalue weighted by Gasteiger charge is -2.11. The van der Waals surface area contributed by atoms with Gasteiger partial charge in [-0.1, -0.05) is 0 Å². The second kappa shape index (κ2) is 3.36. The summed E-state index contributed by atoms with van der Waals surface area (Å²) in [5.41, 5.74) is 5.14. The predicted octanol–water partition coefficient (Wildman–Crippen LogP) is 2.61. The van der Waals surface area contributed by atoms with E-state index in [0.29, 0.717) is 5.56 Å². The highest BCUT2D eigenvalue weighted by molar-refractivity contribution is 5.49. The molecule has 0 saturated carbocycles. The van der Waals surface area contributed by atoms with E-state index < -0.39 is 17.9 Å². The van der Waals surface area contributed by atoms with Crippen LogP contribution in [0.15, 0.2) is 12.1 Å². The van der Waals surface area contributed by atoms with Crippen molar-refractivity contribution in [3.63, 3.8) is 0 Å². The number of ether oxygens (including phenoxy) is 1. The zero-order valence-corrected chi connectivity index (χ0v) is 7.15. The molecule has 1 rings (SSSR count). The van der Waals surface area contributed by atoms with Crippen LogP contribution in [0, 0.1) is 12.7 Å². The Morgan fingerprint density at radius 1 is 1.29 bits per heavy atom. The molecular formula is C8H7F4NO. The summed E-state index contributed by atoms with van der Waals surface area (Å²) >= 11 is 0. The number of rotatable bonds is 1. The van der Waals surface area contributed by atoms with Gasteiger partial charge in [0.1, 0.15) is 0 Å². The molecule has 14 heavy (non-hydrogen) atoms. The summed E-state index contributed by atoms with van der Waals surface area (Å²) < 4.78 is 51.7. The van der Waals surface area contributed by atoms with Gasteiger partial charge in [0, 0.05) is 0 Å². The molecule has 0 fully saturated rings. The van der Waals surface area contributed by atoms with Crippen LogP contribution in [0.4, 0.5) is 23.2 Å². The maximum atomic E-state index is 13.0. The molecule has 0 atom stereocenters. The average Bonchev–Trinajstić information content (AvgIpc) is 1.96. The van der Waals surface area contributed by atoms with E-state index >= 15 is 0 Å². The number of halogens is 4. The maximum Gasteiger partial charge on any atom is 0.573 e. The minimum atomic E-state index is -4.92. The van der Waals surface area contributed by atoms with Gasteiger partial charge >= 0.3 is 6.36 Å². The summed E-state index contributed by atoms with van der Waals surface area (Å²) in [7, 11) is 0. The van der Waals surface area contributed by atoms with Crippen LogP contribution in [0.5, 0.6) is 5.75 Å². The van der Waals surface area contributed by atoms with Gasteiger partial charge in [-0.05, 0) is 24.6 Å². The summed E-state index contributed by atoms with van der Waals surface area (Å²) in [6.45, 7) is 1.49. The normalized spacial score (nSPS) is 11.5. The molecular weight excluding hydrogens is 202 g/mol. The van der Waals surface area contributed by atoms with Crippen molar-refractivity contribution in [2.24, 2.45) is 0 Å². The van der Waals surface area contributed by atoms with Crippen LogP contribution in [0.1, 0.15) is 5.56 Å². The van der Waals surface area contributed by atoms with Gasteiger partial charge in [-0.15, -0.1) is 13.2 Å². The molecule has 0 spiro atoms. The van der Waals surface area contributed by atoms with Crippen LogP contribution in [0.3, 0.4) is 0 Å². The van der Waals surface area contributed by atoms with Crippen molar-refractivity contribution in [3.05, 3.63) is 23.5 Å². The zero-order chi connectivity index (χ0) is 10.9. The molecule has 0 aliphatic heterocycles. The molecule has 6 heteroatoms. The molecule has 2 N–H and O–H groups in total. The van der Waals surface area contributed by atoms with Gasteiger partial charge in [0.2, 0.25) is 0 Å². The minimum Gasteiger partial charge on any atom is -0.403 e. The van der Waals surface area contributed by atoms with Crippen molar-refractivity contribution >= 4 is 5.69 Å². The second-order valence-electron chi connectivity index (χ2n) is 2.71. The molecule has 1 aromatic rings. The molecule has 0 heterocycles. The number of anilines is 1. The van der Waals surface area contributed by atoms with Gasteiger partial charge in [-0.2, -0.15) is 0 Å². The summed E-state index contributed by atoms with van der Waals surface area (Å²) in [4.78, 5) is 0. The van der Waals surface area contributed by atoms with Crippen LogP contribution in [-0.4, -0.2) is 6.36 Å². The van der Waals surface area contributed by atoms with Crippen LogP contribution in [0.2, 0.25) is 0 Å². The second-order valence-corrected chi connectivity index (χ2v) is 2.71. The van der Waals surface area contributed by atoms with Crippen molar-refractivity contribution in [2.75, 3.05) is 5.73 Å². The molecule has 0 amide bonds. The lowest BCUT2D eigenvalue weighted by atomic mass is 10.2. The predicted molar refractivity (Wildman–Crippen MR) is 42.2 cm³/mol. The first-order chi connectivity index (χ1) is 6.29. The van der Waals surface area contributed by atoms with Crippen molar-refractivity contribution in [2.45, 2.75) is 13.3 Å². The Bertz CT molecular complexity index is 348. The van der Waals surface area contributed by atoms with E-state index in [0.717, 1.165) is 6.07 Å². The lowest BCUT2D eigenvalue weighted by Crippen LogP contribution is -2.18. The third-order valence-corrected chi connectivity index (χ3v) is 1.44. The zero-order valence-electron chi connectivity index (χ0n) is 7.15. The monoisotopic (exact) mass is 209 g/mol. The molecule has 0 aliphatic carbocycles. The molecule has 78 valence electrons. The van der Waals surface area contributed by atoms with Crippen LogP contribution in [0.25, 0.3) is 0 Å². The number of hydrogen-bond acceptors (Lipinski definition) is 2. The SMILES string of the molecule is Cc1cc(N)c(F)c(OC(F)(F)F)c1. The Balaban J connectivity index is 3.09. The Labute approximate surface area is 77.3 Å². The van der Waals surface area contributed by atoms with E-state index in [2.05, 4.69) is 4.74 Å².